The van der Waals surface area contributed by atoms with E-state index in [9.17, 15) is 9.59 Å². The Bertz CT molecular complexity index is 434. The van der Waals surface area contributed by atoms with E-state index in [0.29, 0.717) is 23.7 Å². The second-order valence-electron chi connectivity index (χ2n) is 3.56. The first-order valence-corrected chi connectivity index (χ1v) is 5.37. The van der Waals surface area contributed by atoms with Crippen LogP contribution in [0.1, 0.15) is 10.4 Å². The average Bonchev–Trinajstić information content (AvgIpc) is 2.29. The fraction of sp³-hybridized carbons (Fsp3) is 0.273. The Morgan fingerprint density at radius 2 is 2.12 bits per heavy atom. The minimum Gasteiger partial charge on any atom is -0.353 e. The van der Waals surface area contributed by atoms with Gasteiger partial charge in [0, 0.05) is 13.1 Å². The standard InChI is InChI=1S/C11H11ClN2O2/c12-9-4-2-1-3-8(9)11(16)14-6-5-13-10(15)7-14/h1-4H,5-7H2,(H,13,15). The maximum atomic E-state index is 12.0. The van der Waals surface area contributed by atoms with Crippen molar-refractivity contribution >= 4 is 23.4 Å². The van der Waals surface area contributed by atoms with Crippen LogP contribution in [0.4, 0.5) is 0 Å². The van der Waals surface area contributed by atoms with E-state index >= 15 is 0 Å². The van der Waals surface area contributed by atoms with Crippen molar-refractivity contribution in [3.63, 3.8) is 0 Å². The van der Waals surface area contributed by atoms with Gasteiger partial charge in [0.15, 0.2) is 0 Å². The molecule has 0 bridgehead atoms. The second kappa shape index (κ2) is 4.53. The minimum absolute atomic E-state index is 0.101. The summed E-state index contributed by atoms with van der Waals surface area (Å²) in [6.07, 6.45) is 0. The molecule has 0 atom stereocenters. The molecule has 5 heteroatoms. The van der Waals surface area contributed by atoms with Crippen molar-refractivity contribution in [3.8, 4) is 0 Å². The lowest BCUT2D eigenvalue weighted by Gasteiger charge is -2.26. The lowest BCUT2D eigenvalue weighted by Crippen LogP contribution is -2.50. The van der Waals surface area contributed by atoms with Gasteiger partial charge in [-0.15, -0.1) is 0 Å². The van der Waals surface area contributed by atoms with Gasteiger partial charge in [-0.05, 0) is 12.1 Å². The number of nitrogens with zero attached hydrogens (tertiary/aromatic N) is 1. The molecule has 1 heterocycles. The number of rotatable bonds is 1. The molecule has 0 spiro atoms. The Morgan fingerprint density at radius 1 is 1.38 bits per heavy atom. The summed E-state index contributed by atoms with van der Waals surface area (Å²) >= 11 is 5.93. The molecule has 0 unspecified atom stereocenters. The van der Waals surface area contributed by atoms with Crippen molar-refractivity contribution in [2.24, 2.45) is 0 Å². The maximum absolute atomic E-state index is 12.0. The summed E-state index contributed by atoms with van der Waals surface area (Å²) in [6, 6.07) is 6.85. The van der Waals surface area contributed by atoms with Gasteiger partial charge in [0.1, 0.15) is 0 Å². The first-order chi connectivity index (χ1) is 7.68. The van der Waals surface area contributed by atoms with Crippen molar-refractivity contribution in [3.05, 3.63) is 34.9 Å². The van der Waals surface area contributed by atoms with E-state index in [1.54, 1.807) is 24.3 Å². The van der Waals surface area contributed by atoms with Crippen LogP contribution in [0.15, 0.2) is 24.3 Å². The normalized spacial score (nSPS) is 15.8. The fourth-order valence-corrected chi connectivity index (χ4v) is 1.83. The number of carbonyl (C=O) groups excluding carboxylic acids is 2. The van der Waals surface area contributed by atoms with Crippen molar-refractivity contribution in [1.82, 2.24) is 10.2 Å². The number of benzene rings is 1. The summed E-state index contributed by atoms with van der Waals surface area (Å²) in [5.74, 6) is -0.327. The minimum atomic E-state index is -0.194. The molecular weight excluding hydrogens is 228 g/mol. The number of amides is 2. The zero-order valence-corrected chi connectivity index (χ0v) is 9.33. The Labute approximate surface area is 98.2 Å². The molecule has 16 heavy (non-hydrogen) atoms. The molecule has 0 saturated carbocycles. The Hall–Kier alpha value is -1.55. The lowest BCUT2D eigenvalue weighted by atomic mass is 10.2. The van der Waals surface area contributed by atoms with Crippen LogP contribution >= 0.6 is 11.6 Å². The smallest absolute Gasteiger partial charge is 0.255 e. The summed E-state index contributed by atoms with van der Waals surface area (Å²) < 4.78 is 0. The van der Waals surface area contributed by atoms with Gasteiger partial charge in [-0.3, -0.25) is 9.59 Å². The van der Waals surface area contributed by atoms with E-state index in [4.69, 9.17) is 11.6 Å². The van der Waals surface area contributed by atoms with Crippen molar-refractivity contribution < 1.29 is 9.59 Å². The fourth-order valence-electron chi connectivity index (χ4n) is 1.62. The molecule has 2 amide bonds. The number of hydrogen-bond donors (Lipinski definition) is 1. The highest BCUT2D eigenvalue weighted by Gasteiger charge is 2.23. The van der Waals surface area contributed by atoms with Gasteiger partial charge in [0.05, 0.1) is 17.1 Å². The highest BCUT2D eigenvalue weighted by Crippen LogP contribution is 2.17. The van der Waals surface area contributed by atoms with Crippen LogP contribution in [-0.2, 0) is 4.79 Å². The van der Waals surface area contributed by atoms with Gasteiger partial charge in [-0.25, -0.2) is 0 Å². The van der Waals surface area contributed by atoms with E-state index < -0.39 is 0 Å². The van der Waals surface area contributed by atoms with Crippen molar-refractivity contribution in [2.45, 2.75) is 0 Å². The first-order valence-electron chi connectivity index (χ1n) is 4.99. The van der Waals surface area contributed by atoms with Crippen LogP contribution in [0, 0.1) is 0 Å². The van der Waals surface area contributed by atoms with Crippen LogP contribution in [0.5, 0.6) is 0 Å². The molecule has 1 aliphatic heterocycles. The predicted molar refractivity (Wildman–Crippen MR) is 60.4 cm³/mol. The zero-order valence-electron chi connectivity index (χ0n) is 8.57. The average molecular weight is 239 g/mol. The molecule has 1 aliphatic rings. The second-order valence-corrected chi connectivity index (χ2v) is 3.96. The van der Waals surface area contributed by atoms with Gasteiger partial charge < -0.3 is 10.2 Å². The number of hydrogen-bond acceptors (Lipinski definition) is 2. The third kappa shape index (κ3) is 2.17. The summed E-state index contributed by atoms with van der Waals surface area (Å²) in [5, 5.41) is 3.08. The van der Waals surface area contributed by atoms with Crippen LogP contribution in [0.3, 0.4) is 0 Å². The van der Waals surface area contributed by atoms with Crippen LogP contribution < -0.4 is 5.32 Å². The monoisotopic (exact) mass is 238 g/mol. The molecule has 1 fully saturated rings. The molecule has 0 radical (unpaired) electrons. The molecule has 1 aromatic rings. The van der Waals surface area contributed by atoms with Gasteiger partial charge in [-0.1, -0.05) is 23.7 Å². The summed E-state index contributed by atoms with van der Waals surface area (Å²) in [7, 11) is 0. The Morgan fingerprint density at radius 3 is 2.81 bits per heavy atom. The number of nitrogens with one attached hydrogen (secondary N) is 1. The van der Waals surface area contributed by atoms with Gasteiger partial charge in [0.2, 0.25) is 5.91 Å². The summed E-state index contributed by atoms with van der Waals surface area (Å²) in [6.45, 7) is 1.12. The molecule has 2 rings (SSSR count). The van der Waals surface area contributed by atoms with Gasteiger partial charge in [0.25, 0.3) is 5.91 Å². The molecular formula is C11H11ClN2O2. The van der Waals surface area contributed by atoms with E-state index in [2.05, 4.69) is 5.32 Å². The Kier molecular flexibility index (Phi) is 3.10. The maximum Gasteiger partial charge on any atom is 0.255 e. The predicted octanol–water partition coefficient (Wildman–Crippen LogP) is 0.912. The molecule has 0 aliphatic carbocycles. The Balaban J connectivity index is 2.19. The number of halogens is 1. The van der Waals surface area contributed by atoms with E-state index in [1.165, 1.54) is 4.90 Å². The molecule has 4 nitrogen and oxygen atoms in total. The molecule has 84 valence electrons. The lowest BCUT2D eigenvalue weighted by molar-refractivity contribution is -0.123. The summed E-state index contributed by atoms with van der Waals surface area (Å²) in [5.41, 5.74) is 0.443. The molecule has 1 aromatic carbocycles. The van der Waals surface area contributed by atoms with E-state index in [0.717, 1.165) is 0 Å². The SMILES string of the molecule is O=C1CN(C(=O)c2ccccc2Cl)CCN1. The van der Waals surface area contributed by atoms with E-state index in [-0.39, 0.29) is 18.4 Å². The van der Waals surface area contributed by atoms with Crippen molar-refractivity contribution in [2.75, 3.05) is 19.6 Å². The topological polar surface area (TPSA) is 49.4 Å². The molecule has 1 N–H and O–H groups in total. The zero-order chi connectivity index (χ0) is 11.5. The third-order valence-electron chi connectivity index (χ3n) is 2.43. The summed E-state index contributed by atoms with van der Waals surface area (Å²) in [4.78, 5) is 24.7. The van der Waals surface area contributed by atoms with Gasteiger partial charge in [-0.2, -0.15) is 0 Å². The van der Waals surface area contributed by atoms with Crippen molar-refractivity contribution in [1.29, 1.82) is 0 Å². The van der Waals surface area contributed by atoms with Crippen LogP contribution in [-0.4, -0.2) is 36.3 Å². The molecule has 0 aromatic heterocycles. The van der Waals surface area contributed by atoms with Gasteiger partial charge >= 0.3 is 0 Å². The van der Waals surface area contributed by atoms with Crippen LogP contribution in [0.2, 0.25) is 5.02 Å². The van der Waals surface area contributed by atoms with E-state index in [1.807, 2.05) is 0 Å². The molecule has 1 saturated heterocycles. The highest BCUT2D eigenvalue weighted by atomic mass is 35.5. The quantitative estimate of drug-likeness (QED) is 0.791. The first kappa shape index (κ1) is 11.0. The van der Waals surface area contributed by atoms with Crippen LogP contribution in [0.25, 0.3) is 0 Å². The highest BCUT2D eigenvalue weighted by molar-refractivity contribution is 6.33. The third-order valence-corrected chi connectivity index (χ3v) is 2.76. The number of piperazine rings is 1. The largest absolute Gasteiger partial charge is 0.353 e. The number of carbonyl (C=O) groups is 2.